The maximum absolute atomic E-state index is 12.1. The summed E-state index contributed by atoms with van der Waals surface area (Å²) in [5.74, 6) is 0.247. The number of aromatic amines is 1. The van der Waals surface area contributed by atoms with Gasteiger partial charge in [0.05, 0.1) is 0 Å². The lowest BCUT2D eigenvalue weighted by Crippen LogP contribution is -1.97. The Bertz CT molecular complexity index is 504. The molecule has 0 saturated heterocycles. The number of alkyl halides is 1. The minimum Gasteiger partial charge on any atom is -0.360 e. The molecule has 0 aliphatic rings. The fourth-order valence-electron chi connectivity index (χ4n) is 1.99. The molecule has 3 heteroatoms. The van der Waals surface area contributed by atoms with Crippen LogP contribution in [0.2, 0.25) is 0 Å². The summed E-state index contributed by atoms with van der Waals surface area (Å²) in [4.78, 5) is 15.2. The predicted molar refractivity (Wildman–Crippen MR) is 74.9 cm³/mol. The first-order valence-electron chi connectivity index (χ1n) is 5.98. The van der Waals surface area contributed by atoms with E-state index < -0.39 is 0 Å². The minimum atomic E-state index is 0.247. The van der Waals surface area contributed by atoms with Crippen LogP contribution in [0.25, 0.3) is 10.9 Å². The summed E-state index contributed by atoms with van der Waals surface area (Å²) in [7, 11) is 0. The van der Waals surface area contributed by atoms with Gasteiger partial charge in [0, 0.05) is 34.4 Å². The Balaban J connectivity index is 2.04. The summed E-state index contributed by atoms with van der Waals surface area (Å²) in [6.45, 7) is 0. The van der Waals surface area contributed by atoms with E-state index in [0.717, 1.165) is 41.1 Å². The van der Waals surface area contributed by atoms with Gasteiger partial charge in [0.1, 0.15) is 0 Å². The maximum atomic E-state index is 12.1. The van der Waals surface area contributed by atoms with Gasteiger partial charge in [-0.05, 0) is 18.9 Å². The van der Waals surface area contributed by atoms with Crippen LogP contribution in [0.1, 0.15) is 36.0 Å². The van der Waals surface area contributed by atoms with Crippen LogP contribution in [-0.2, 0) is 0 Å². The Kier molecular flexibility index (Phi) is 4.37. The second kappa shape index (κ2) is 6.01. The molecule has 1 aromatic carbocycles. The van der Waals surface area contributed by atoms with E-state index in [4.69, 9.17) is 0 Å². The number of Topliss-reactive ketones (excluding diaryl/α,β-unsaturated/α-hetero) is 1. The van der Waals surface area contributed by atoms with Crippen LogP contribution in [0.3, 0.4) is 0 Å². The zero-order valence-electron chi connectivity index (χ0n) is 9.71. The SMILES string of the molecule is O=C(CCCCCBr)c1c[nH]c2ccccc12. The molecule has 0 unspecified atom stereocenters. The number of aromatic nitrogens is 1. The van der Waals surface area contributed by atoms with Crippen molar-refractivity contribution in [3.05, 3.63) is 36.0 Å². The Labute approximate surface area is 110 Å². The van der Waals surface area contributed by atoms with E-state index in [1.54, 1.807) is 0 Å². The monoisotopic (exact) mass is 293 g/mol. The molecule has 0 bridgehead atoms. The number of fused-ring (bicyclic) bond motifs is 1. The number of nitrogens with one attached hydrogen (secondary N) is 1. The van der Waals surface area contributed by atoms with Crippen molar-refractivity contribution in [2.45, 2.75) is 25.7 Å². The van der Waals surface area contributed by atoms with Crippen LogP contribution in [0.4, 0.5) is 0 Å². The van der Waals surface area contributed by atoms with E-state index >= 15 is 0 Å². The van der Waals surface area contributed by atoms with Gasteiger partial charge in [-0.3, -0.25) is 4.79 Å². The second-order valence-electron chi connectivity index (χ2n) is 4.17. The first-order chi connectivity index (χ1) is 8.33. The van der Waals surface area contributed by atoms with E-state index in [1.807, 2.05) is 30.5 Å². The van der Waals surface area contributed by atoms with Crippen molar-refractivity contribution >= 4 is 32.6 Å². The number of hydrogen-bond donors (Lipinski definition) is 1. The highest BCUT2D eigenvalue weighted by molar-refractivity contribution is 9.09. The van der Waals surface area contributed by atoms with E-state index in [9.17, 15) is 4.79 Å². The van der Waals surface area contributed by atoms with Gasteiger partial charge in [0.2, 0.25) is 0 Å². The van der Waals surface area contributed by atoms with Gasteiger partial charge in [-0.25, -0.2) is 0 Å². The van der Waals surface area contributed by atoms with E-state index in [0.29, 0.717) is 6.42 Å². The van der Waals surface area contributed by atoms with Crippen LogP contribution in [0, 0.1) is 0 Å². The summed E-state index contributed by atoms with van der Waals surface area (Å²) >= 11 is 3.40. The third-order valence-electron chi connectivity index (χ3n) is 2.93. The molecule has 0 aliphatic carbocycles. The molecule has 0 aliphatic heterocycles. The van der Waals surface area contributed by atoms with E-state index in [1.165, 1.54) is 0 Å². The van der Waals surface area contributed by atoms with Gasteiger partial charge >= 0.3 is 0 Å². The zero-order chi connectivity index (χ0) is 12.1. The van der Waals surface area contributed by atoms with Crippen LogP contribution in [-0.4, -0.2) is 16.1 Å². The van der Waals surface area contributed by atoms with Crippen molar-refractivity contribution in [3.63, 3.8) is 0 Å². The first kappa shape index (κ1) is 12.4. The molecule has 17 heavy (non-hydrogen) atoms. The molecule has 0 amide bonds. The minimum absolute atomic E-state index is 0.247. The lowest BCUT2D eigenvalue weighted by molar-refractivity contribution is 0.0981. The largest absolute Gasteiger partial charge is 0.360 e. The lowest BCUT2D eigenvalue weighted by atomic mass is 10.0. The average Bonchev–Trinajstić information content (AvgIpc) is 2.78. The highest BCUT2D eigenvalue weighted by atomic mass is 79.9. The van der Waals surface area contributed by atoms with Gasteiger partial charge in [0.25, 0.3) is 0 Å². The van der Waals surface area contributed by atoms with Gasteiger partial charge in [-0.1, -0.05) is 40.5 Å². The Morgan fingerprint density at radius 3 is 2.82 bits per heavy atom. The fourth-order valence-corrected chi connectivity index (χ4v) is 2.39. The molecule has 2 aromatic rings. The number of hydrogen-bond acceptors (Lipinski definition) is 1. The highest BCUT2D eigenvalue weighted by Gasteiger charge is 2.10. The molecule has 1 aromatic heterocycles. The molecular weight excluding hydrogens is 278 g/mol. The molecule has 1 N–H and O–H groups in total. The standard InChI is InChI=1S/C14H16BrNO/c15-9-5-1-2-8-14(17)12-10-16-13-7-4-3-6-11(12)13/h3-4,6-7,10,16H,1-2,5,8-9H2. The molecule has 2 nitrogen and oxygen atoms in total. The van der Waals surface area contributed by atoms with Crippen LogP contribution < -0.4 is 0 Å². The molecule has 0 saturated carbocycles. The quantitative estimate of drug-likeness (QED) is 0.481. The number of rotatable bonds is 6. The predicted octanol–water partition coefficient (Wildman–Crippen LogP) is 4.31. The topological polar surface area (TPSA) is 32.9 Å². The number of ketones is 1. The Morgan fingerprint density at radius 2 is 2.00 bits per heavy atom. The Morgan fingerprint density at radius 1 is 1.18 bits per heavy atom. The molecule has 0 atom stereocenters. The average molecular weight is 294 g/mol. The number of H-pyrrole nitrogens is 1. The smallest absolute Gasteiger partial charge is 0.165 e. The van der Waals surface area contributed by atoms with Crippen molar-refractivity contribution in [2.75, 3.05) is 5.33 Å². The molecule has 90 valence electrons. The van der Waals surface area contributed by atoms with Crippen molar-refractivity contribution in [2.24, 2.45) is 0 Å². The van der Waals surface area contributed by atoms with E-state index in [-0.39, 0.29) is 5.78 Å². The Hall–Kier alpha value is -1.09. The third-order valence-corrected chi connectivity index (χ3v) is 3.49. The number of halogens is 1. The van der Waals surface area contributed by atoms with Crippen molar-refractivity contribution < 1.29 is 4.79 Å². The van der Waals surface area contributed by atoms with Gasteiger partial charge in [-0.15, -0.1) is 0 Å². The number of carbonyl (C=O) groups is 1. The molecule has 0 radical (unpaired) electrons. The fraction of sp³-hybridized carbons (Fsp3) is 0.357. The van der Waals surface area contributed by atoms with Crippen molar-refractivity contribution in [3.8, 4) is 0 Å². The highest BCUT2D eigenvalue weighted by Crippen LogP contribution is 2.20. The summed E-state index contributed by atoms with van der Waals surface area (Å²) < 4.78 is 0. The number of carbonyl (C=O) groups excluding carboxylic acids is 1. The lowest BCUT2D eigenvalue weighted by Gasteiger charge is -1.99. The third kappa shape index (κ3) is 2.97. The van der Waals surface area contributed by atoms with Crippen LogP contribution in [0.5, 0.6) is 0 Å². The summed E-state index contributed by atoms with van der Waals surface area (Å²) in [5.41, 5.74) is 1.87. The number of para-hydroxylation sites is 1. The van der Waals surface area contributed by atoms with Crippen molar-refractivity contribution in [1.82, 2.24) is 4.98 Å². The summed E-state index contributed by atoms with van der Waals surface area (Å²) in [6.07, 6.45) is 5.71. The summed E-state index contributed by atoms with van der Waals surface area (Å²) in [6, 6.07) is 7.94. The van der Waals surface area contributed by atoms with Gasteiger partial charge in [0.15, 0.2) is 5.78 Å². The molecule has 0 spiro atoms. The van der Waals surface area contributed by atoms with Crippen LogP contribution >= 0.6 is 15.9 Å². The van der Waals surface area contributed by atoms with E-state index in [2.05, 4.69) is 20.9 Å². The zero-order valence-corrected chi connectivity index (χ0v) is 11.3. The molecule has 1 heterocycles. The maximum Gasteiger partial charge on any atom is 0.165 e. The summed E-state index contributed by atoms with van der Waals surface area (Å²) in [5, 5.41) is 2.06. The van der Waals surface area contributed by atoms with Gasteiger partial charge in [-0.2, -0.15) is 0 Å². The van der Waals surface area contributed by atoms with Crippen molar-refractivity contribution in [1.29, 1.82) is 0 Å². The molecule has 0 fully saturated rings. The van der Waals surface area contributed by atoms with Crippen LogP contribution in [0.15, 0.2) is 30.5 Å². The first-order valence-corrected chi connectivity index (χ1v) is 7.10. The second-order valence-corrected chi connectivity index (χ2v) is 4.96. The number of unbranched alkanes of at least 4 members (excludes halogenated alkanes) is 2. The number of benzene rings is 1. The van der Waals surface area contributed by atoms with Gasteiger partial charge < -0.3 is 4.98 Å². The molecular formula is C14H16BrNO. The normalized spacial score (nSPS) is 10.9. The molecule has 2 rings (SSSR count).